The van der Waals surface area contributed by atoms with Gasteiger partial charge in [0.05, 0.1) is 5.02 Å². The van der Waals surface area contributed by atoms with Gasteiger partial charge in [-0.3, -0.25) is 0 Å². The van der Waals surface area contributed by atoms with Crippen LogP contribution in [0.5, 0.6) is 0 Å². The fourth-order valence-electron chi connectivity index (χ4n) is 1.72. The van der Waals surface area contributed by atoms with E-state index in [0.717, 1.165) is 11.8 Å². The summed E-state index contributed by atoms with van der Waals surface area (Å²) in [7, 11) is 0. The zero-order valence-electron chi connectivity index (χ0n) is 10.8. The molecular weight excluding hydrogens is 319 g/mol. The largest absolute Gasteiger partial charge is 0.478 e. The molecule has 2 aromatic rings. The molecule has 0 bridgehead atoms. The van der Waals surface area contributed by atoms with E-state index < -0.39 is 17.5 Å². The van der Waals surface area contributed by atoms with E-state index in [1.54, 1.807) is 6.07 Å². The first kappa shape index (κ1) is 15.5. The molecule has 0 radical (unpaired) electrons. The molecule has 0 aliphatic carbocycles. The van der Waals surface area contributed by atoms with Crippen LogP contribution in [0.2, 0.25) is 5.02 Å². The van der Waals surface area contributed by atoms with Gasteiger partial charge in [0.15, 0.2) is 0 Å². The first-order valence-electron chi connectivity index (χ1n) is 5.80. The smallest absolute Gasteiger partial charge is 0.346 e. The van der Waals surface area contributed by atoms with Crippen molar-refractivity contribution >= 4 is 29.3 Å². The number of carboxylic acid groups (broad SMARTS) is 1. The minimum Gasteiger partial charge on any atom is -0.478 e. The van der Waals surface area contributed by atoms with Crippen LogP contribution in [-0.2, 0) is 5.75 Å². The van der Waals surface area contributed by atoms with E-state index in [1.165, 1.54) is 19.1 Å². The standard InChI is InChI=1S/C13H10ClFN2O3S/c1-6-9(12(18)19)11(17-13(20)16-6)21-5-7-3-2-4-8(14)10(7)15/h2-4H,5H2,1H3,(H,18,19)(H,16,17,20). The van der Waals surface area contributed by atoms with Crippen LogP contribution in [0.25, 0.3) is 0 Å². The van der Waals surface area contributed by atoms with E-state index in [-0.39, 0.29) is 27.1 Å². The van der Waals surface area contributed by atoms with E-state index >= 15 is 0 Å². The molecule has 0 spiro atoms. The van der Waals surface area contributed by atoms with Crippen molar-refractivity contribution < 1.29 is 14.3 Å². The first-order valence-corrected chi connectivity index (χ1v) is 7.16. The lowest BCUT2D eigenvalue weighted by Crippen LogP contribution is -2.18. The maximum Gasteiger partial charge on any atom is 0.346 e. The maximum atomic E-state index is 13.8. The fourth-order valence-corrected chi connectivity index (χ4v) is 2.96. The monoisotopic (exact) mass is 328 g/mol. The van der Waals surface area contributed by atoms with Gasteiger partial charge in [-0.1, -0.05) is 23.7 Å². The van der Waals surface area contributed by atoms with Crippen LogP contribution in [0, 0.1) is 12.7 Å². The van der Waals surface area contributed by atoms with Crippen LogP contribution in [0.1, 0.15) is 21.6 Å². The molecule has 0 unspecified atom stereocenters. The lowest BCUT2D eigenvalue weighted by atomic mass is 10.2. The molecule has 1 aromatic carbocycles. The van der Waals surface area contributed by atoms with Gasteiger partial charge >= 0.3 is 11.7 Å². The van der Waals surface area contributed by atoms with Gasteiger partial charge in [-0.15, -0.1) is 11.8 Å². The lowest BCUT2D eigenvalue weighted by Gasteiger charge is -2.08. The predicted molar refractivity (Wildman–Crippen MR) is 77.5 cm³/mol. The summed E-state index contributed by atoms with van der Waals surface area (Å²) in [6.07, 6.45) is 0. The first-order chi connectivity index (χ1) is 9.90. The second kappa shape index (κ2) is 6.28. The number of rotatable bonds is 4. The van der Waals surface area contributed by atoms with Crippen LogP contribution in [0.4, 0.5) is 4.39 Å². The zero-order chi connectivity index (χ0) is 15.6. The summed E-state index contributed by atoms with van der Waals surface area (Å²) in [5.41, 5.74) is -0.228. The Kier molecular flexibility index (Phi) is 4.64. The van der Waals surface area contributed by atoms with Crippen LogP contribution in [0.3, 0.4) is 0 Å². The number of aryl methyl sites for hydroxylation is 1. The number of nitrogens with zero attached hydrogens (tertiary/aromatic N) is 1. The van der Waals surface area contributed by atoms with E-state index in [4.69, 9.17) is 16.7 Å². The second-order valence-electron chi connectivity index (χ2n) is 4.15. The lowest BCUT2D eigenvalue weighted by molar-refractivity contribution is 0.0690. The van der Waals surface area contributed by atoms with Gasteiger partial charge < -0.3 is 10.1 Å². The van der Waals surface area contributed by atoms with Crippen molar-refractivity contribution in [2.24, 2.45) is 0 Å². The topological polar surface area (TPSA) is 83.0 Å². The summed E-state index contributed by atoms with van der Waals surface area (Å²) in [6, 6.07) is 4.55. The van der Waals surface area contributed by atoms with Crippen LogP contribution in [-0.4, -0.2) is 21.0 Å². The number of aromatic amines is 1. The Balaban J connectivity index is 2.34. The molecule has 0 amide bonds. The van der Waals surface area contributed by atoms with Crippen molar-refractivity contribution in [1.82, 2.24) is 9.97 Å². The average molecular weight is 329 g/mol. The number of carboxylic acids is 1. The summed E-state index contributed by atoms with van der Waals surface area (Å²) in [5, 5.41) is 9.19. The molecule has 0 aliphatic rings. The number of carbonyl (C=O) groups is 1. The van der Waals surface area contributed by atoms with Gasteiger partial charge in [0.25, 0.3) is 0 Å². The number of thioether (sulfide) groups is 1. The summed E-state index contributed by atoms with van der Waals surface area (Å²) >= 11 is 6.65. The molecule has 8 heteroatoms. The Morgan fingerprint density at radius 3 is 2.90 bits per heavy atom. The molecule has 21 heavy (non-hydrogen) atoms. The van der Waals surface area contributed by atoms with Crippen LogP contribution >= 0.6 is 23.4 Å². The molecule has 2 rings (SSSR count). The Morgan fingerprint density at radius 1 is 1.52 bits per heavy atom. The number of aromatic nitrogens is 2. The maximum absolute atomic E-state index is 13.8. The van der Waals surface area contributed by atoms with Gasteiger partial charge in [-0.05, 0) is 18.6 Å². The van der Waals surface area contributed by atoms with E-state index in [0.29, 0.717) is 5.56 Å². The number of benzene rings is 1. The molecule has 110 valence electrons. The molecule has 1 heterocycles. The Hall–Kier alpha value is -1.86. The molecule has 0 saturated heterocycles. The van der Waals surface area contributed by atoms with Crippen molar-refractivity contribution in [2.45, 2.75) is 17.7 Å². The highest BCUT2D eigenvalue weighted by Crippen LogP contribution is 2.27. The minimum absolute atomic E-state index is 0.0124. The SMILES string of the molecule is Cc1[nH]c(=O)nc(SCc2cccc(Cl)c2F)c1C(=O)O. The highest BCUT2D eigenvalue weighted by atomic mass is 35.5. The van der Waals surface area contributed by atoms with Crippen molar-refractivity contribution in [3.05, 3.63) is 56.3 Å². The quantitative estimate of drug-likeness (QED) is 0.666. The molecule has 2 N–H and O–H groups in total. The number of nitrogens with one attached hydrogen (secondary N) is 1. The molecule has 0 saturated carbocycles. The Morgan fingerprint density at radius 2 is 2.24 bits per heavy atom. The molecule has 0 aliphatic heterocycles. The second-order valence-corrected chi connectivity index (χ2v) is 5.53. The van der Waals surface area contributed by atoms with Gasteiger partial charge in [0, 0.05) is 11.4 Å². The number of aromatic carboxylic acids is 1. The van der Waals surface area contributed by atoms with Crippen molar-refractivity contribution in [3.63, 3.8) is 0 Å². The fraction of sp³-hybridized carbons (Fsp3) is 0.154. The van der Waals surface area contributed by atoms with Crippen LogP contribution < -0.4 is 5.69 Å². The molecule has 1 aromatic heterocycles. The third kappa shape index (κ3) is 3.43. The summed E-state index contributed by atoms with van der Waals surface area (Å²) in [4.78, 5) is 28.5. The molecule has 0 atom stereocenters. The zero-order valence-corrected chi connectivity index (χ0v) is 12.4. The average Bonchev–Trinajstić information content (AvgIpc) is 2.39. The van der Waals surface area contributed by atoms with E-state index in [1.807, 2.05) is 0 Å². The summed E-state index contributed by atoms with van der Waals surface area (Å²) in [6.45, 7) is 1.47. The number of hydrogen-bond donors (Lipinski definition) is 2. The predicted octanol–water partition coefficient (Wildman–Crippen LogP) is 2.86. The van der Waals surface area contributed by atoms with Crippen LogP contribution in [0.15, 0.2) is 28.0 Å². The van der Waals surface area contributed by atoms with Gasteiger partial charge in [0.2, 0.25) is 0 Å². The van der Waals surface area contributed by atoms with Crippen molar-refractivity contribution in [3.8, 4) is 0 Å². The highest BCUT2D eigenvalue weighted by Gasteiger charge is 2.17. The van der Waals surface area contributed by atoms with Crippen molar-refractivity contribution in [2.75, 3.05) is 0 Å². The number of H-pyrrole nitrogens is 1. The van der Waals surface area contributed by atoms with Crippen molar-refractivity contribution in [1.29, 1.82) is 0 Å². The molecular formula is C13H10ClFN2O3S. The molecule has 5 nitrogen and oxygen atoms in total. The minimum atomic E-state index is -1.20. The van der Waals surface area contributed by atoms with Gasteiger partial charge in [0.1, 0.15) is 16.4 Å². The Labute approximate surface area is 128 Å². The highest BCUT2D eigenvalue weighted by molar-refractivity contribution is 7.98. The Bertz CT molecular complexity index is 764. The third-order valence-corrected chi connectivity index (χ3v) is 4.01. The molecule has 0 fully saturated rings. The number of hydrogen-bond acceptors (Lipinski definition) is 4. The third-order valence-electron chi connectivity index (χ3n) is 2.70. The summed E-state index contributed by atoms with van der Waals surface area (Å²) < 4.78 is 13.8. The van der Waals surface area contributed by atoms with Gasteiger partial charge in [-0.2, -0.15) is 4.98 Å². The number of halogens is 2. The van der Waals surface area contributed by atoms with E-state index in [9.17, 15) is 14.0 Å². The summed E-state index contributed by atoms with van der Waals surface area (Å²) in [5.74, 6) is -1.65. The van der Waals surface area contributed by atoms with E-state index in [2.05, 4.69) is 9.97 Å². The van der Waals surface area contributed by atoms with Gasteiger partial charge in [-0.25, -0.2) is 14.0 Å². The normalized spacial score (nSPS) is 10.6.